The first kappa shape index (κ1) is 31.0. The fraction of sp³-hybridized carbons (Fsp3) is 0.650. The number of nitrogens with zero attached hydrogens (tertiary/aromatic N) is 1. The highest BCUT2D eigenvalue weighted by molar-refractivity contribution is 7.48. The molecule has 0 saturated carbocycles. The van der Waals surface area contributed by atoms with E-state index in [9.17, 15) is 28.5 Å². The summed E-state index contributed by atoms with van der Waals surface area (Å²) in [6, 6.07) is 0.927. The number of fused-ring (bicyclic) bond motifs is 1. The highest BCUT2D eigenvalue weighted by Gasteiger charge is 2.65. The van der Waals surface area contributed by atoms with Crippen LogP contribution in [0.25, 0.3) is 0 Å². The van der Waals surface area contributed by atoms with Crippen LogP contribution in [0.1, 0.15) is 33.9 Å². The van der Waals surface area contributed by atoms with Crippen molar-refractivity contribution in [1.29, 1.82) is 0 Å². The molecule has 0 bridgehead atoms. The van der Waals surface area contributed by atoms with Gasteiger partial charge in [0.05, 0.1) is 12.2 Å². The second-order valence-corrected chi connectivity index (χ2v) is 10.2. The maximum absolute atomic E-state index is 16.0. The van der Waals surface area contributed by atoms with Crippen molar-refractivity contribution in [1.82, 2.24) is 9.55 Å². The van der Waals surface area contributed by atoms with E-state index >= 15 is 4.39 Å². The Balaban J connectivity index is 1.74. The lowest BCUT2D eigenvalue weighted by molar-refractivity contribution is -0.210. The number of hydrogen-bond donors (Lipinski definition) is 1. The molecular weight excluding hydrogens is 574 g/mol. The molecule has 1 aromatic heterocycles. The number of alkyl halides is 1. The van der Waals surface area contributed by atoms with Gasteiger partial charge in [0.2, 0.25) is 19.7 Å². The van der Waals surface area contributed by atoms with Crippen molar-refractivity contribution < 1.29 is 70.1 Å². The molecule has 20 heteroatoms. The van der Waals surface area contributed by atoms with Crippen LogP contribution in [0.15, 0.2) is 21.9 Å². The zero-order valence-electron chi connectivity index (χ0n) is 21.5. The Hall–Kier alpha value is -3.51. The number of aromatic nitrogens is 2. The first-order chi connectivity index (χ1) is 18.7. The molecule has 18 nitrogen and oxygen atoms in total. The highest BCUT2D eigenvalue weighted by Crippen LogP contribution is 2.53. The third-order valence-electron chi connectivity index (χ3n) is 4.76. The molecule has 1 N–H and O–H groups in total. The molecular formula is C20H26FN2O16P. The molecule has 0 aliphatic carbocycles. The molecule has 40 heavy (non-hydrogen) atoms. The van der Waals surface area contributed by atoms with E-state index in [-0.39, 0.29) is 0 Å². The number of nitrogens with one attached hydrogen (secondary N) is 1. The summed E-state index contributed by atoms with van der Waals surface area (Å²) in [5.74, 6) is -3.13. The number of hydrogen-bond acceptors (Lipinski definition) is 16. The SMILES string of the molecule is CC(C)OC(=O)OCOP(=O)(OCOC(=O)OC(C)C)OC[C@@]1(F)O[C@@H](n2ccc(=O)[nH]c2=O)[C@@H]2OC(=O)O[C@@H]21. The molecule has 0 spiro atoms. The molecule has 0 radical (unpaired) electrons. The average molecular weight is 600 g/mol. The average Bonchev–Trinajstić information content (AvgIpc) is 3.34. The third kappa shape index (κ3) is 8.01. The lowest BCUT2D eigenvalue weighted by Gasteiger charge is -2.25. The van der Waals surface area contributed by atoms with E-state index in [4.69, 9.17) is 37.3 Å². The van der Waals surface area contributed by atoms with Gasteiger partial charge in [0.1, 0.15) is 6.61 Å². The zero-order valence-corrected chi connectivity index (χ0v) is 22.4. The van der Waals surface area contributed by atoms with E-state index in [0.717, 1.165) is 16.8 Å². The number of rotatable bonds is 12. The molecule has 1 aromatic rings. The van der Waals surface area contributed by atoms with Gasteiger partial charge in [0.25, 0.3) is 11.4 Å². The Kier molecular flexibility index (Phi) is 9.91. The number of phosphoric acid groups is 1. The largest absolute Gasteiger partial charge is 0.510 e. The number of H-pyrrole nitrogens is 1. The van der Waals surface area contributed by atoms with Gasteiger partial charge < -0.3 is 33.2 Å². The van der Waals surface area contributed by atoms with Crippen molar-refractivity contribution in [3.05, 3.63) is 33.1 Å². The minimum Gasteiger partial charge on any atom is -0.432 e. The van der Waals surface area contributed by atoms with Gasteiger partial charge in [-0.25, -0.2) is 37.2 Å². The fourth-order valence-corrected chi connectivity index (χ4v) is 4.14. The Morgan fingerprint density at radius 3 is 2.12 bits per heavy atom. The fourth-order valence-electron chi connectivity index (χ4n) is 3.22. The molecule has 4 atom stereocenters. The molecule has 2 aliphatic rings. The molecule has 3 rings (SSSR count). The maximum atomic E-state index is 16.0. The summed E-state index contributed by atoms with van der Waals surface area (Å²) in [4.78, 5) is 60.4. The Morgan fingerprint density at radius 1 is 1.02 bits per heavy atom. The smallest absolute Gasteiger partial charge is 0.432 e. The van der Waals surface area contributed by atoms with Gasteiger partial charge >= 0.3 is 32.0 Å². The van der Waals surface area contributed by atoms with E-state index in [1.165, 1.54) is 27.7 Å². The highest BCUT2D eigenvalue weighted by atomic mass is 31.2. The van der Waals surface area contributed by atoms with Crippen molar-refractivity contribution >= 4 is 26.3 Å². The monoisotopic (exact) mass is 600 g/mol. The summed E-state index contributed by atoms with van der Waals surface area (Å²) in [5.41, 5.74) is -1.79. The van der Waals surface area contributed by atoms with Gasteiger partial charge in [-0.1, -0.05) is 0 Å². The predicted molar refractivity (Wildman–Crippen MR) is 121 cm³/mol. The summed E-state index contributed by atoms with van der Waals surface area (Å²) in [5, 5.41) is 0. The van der Waals surface area contributed by atoms with Crippen molar-refractivity contribution in [3.8, 4) is 0 Å². The summed E-state index contributed by atoms with van der Waals surface area (Å²) < 4.78 is 78.0. The topological polar surface area (TPSA) is 215 Å². The molecule has 224 valence electrons. The van der Waals surface area contributed by atoms with Crippen molar-refractivity contribution in [2.75, 3.05) is 20.2 Å². The van der Waals surface area contributed by atoms with Gasteiger partial charge in [-0.15, -0.1) is 0 Å². The molecule has 2 fully saturated rings. The number of phosphoric ester groups is 1. The van der Waals surface area contributed by atoms with Crippen LogP contribution in [-0.4, -0.2) is 78.5 Å². The first-order valence-corrected chi connectivity index (χ1v) is 12.9. The second kappa shape index (κ2) is 12.8. The van der Waals surface area contributed by atoms with Crippen LogP contribution in [0.4, 0.5) is 18.8 Å². The van der Waals surface area contributed by atoms with Gasteiger partial charge in [0.15, 0.2) is 12.3 Å². The van der Waals surface area contributed by atoms with Crippen molar-refractivity contribution in [2.24, 2.45) is 0 Å². The number of carbonyl (C=O) groups excluding carboxylic acids is 3. The number of ether oxygens (including phenoxy) is 7. The normalized spacial score (nSPS) is 23.9. The minimum absolute atomic E-state index is 0.565. The lowest BCUT2D eigenvalue weighted by Crippen LogP contribution is -2.42. The van der Waals surface area contributed by atoms with Crippen LogP contribution in [-0.2, 0) is 51.3 Å². The van der Waals surface area contributed by atoms with Gasteiger partial charge in [0, 0.05) is 12.3 Å². The van der Waals surface area contributed by atoms with Crippen molar-refractivity contribution in [3.63, 3.8) is 0 Å². The summed E-state index contributed by atoms with van der Waals surface area (Å²) in [7, 11) is -4.94. The van der Waals surface area contributed by atoms with E-state index in [1.807, 2.05) is 4.98 Å². The van der Waals surface area contributed by atoms with Crippen LogP contribution in [0, 0.1) is 0 Å². The Labute approximate surface area is 224 Å². The molecule has 0 amide bonds. The predicted octanol–water partition coefficient (Wildman–Crippen LogP) is 1.83. The van der Waals surface area contributed by atoms with Crippen LogP contribution < -0.4 is 11.2 Å². The first-order valence-electron chi connectivity index (χ1n) is 11.5. The molecule has 0 aromatic carbocycles. The summed E-state index contributed by atoms with van der Waals surface area (Å²) in [6.45, 7) is 2.58. The van der Waals surface area contributed by atoms with Crippen LogP contribution in [0.2, 0.25) is 0 Å². The van der Waals surface area contributed by atoms with E-state index in [2.05, 4.69) is 9.47 Å². The molecule has 2 aliphatic heterocycles. The molecule has 0 unspecified atom stereocenters. The molecule has 2 saturated heterocycles. The number of aromatic amines is 1. The van der Waals surface area contributed by atoms with Crippen LogP contribution in [0.5, 0.6) is 0 Å². The maximum Gasteiger partial charge on any atom is 0.510 e. The van der Waals surface area contributed by atoms with Gasteiger partial charge in [-0.05, 0) is 27.7 Å². The third-order valence-corrected chi connectivity index (χ3v) is 6.05. The number of halogens is 1. The zero-order chi connectivity index (χ0) is 29.7. The summed E-state index contributed by atoms with van der Waals surface area (Å²) >= 11 is 0. The molecule has 3 heterocycles. The minimum atomic E-state index is -4.94. The van der Waals surface area contributed by atoms with Gasteiger partial charge in [-0.2, -0.15) is 0 Å². The van der Waals surface area contributed by atoms with Crippen molar-refractivity contribution in [2.45, 2.75) is 64.2 Å². The standard InChI is InChI=1S/C20H26FN2O16P/c1-10(2)35-17(26)30-8-33-40(29,34-9-31-18(27)36-11(3)4)32-7-20(21)14-13(37-19(28)38-14)15(39-20)23-6-5-12(24)22-16(23)25/h5-6,10-11,13-15H,7-9H2,1-4H3,(H,22,24,25)/t13-,14+,15-,20-/m1/s1. The Morgan fingerprint density at radius 2 is 1.60 bits per heavy atom. The van der Waals surface area contributed by atoms with Gasteiger partial charge in [-0.3, -0.25) is 18.9 Å². The van der Waals surface area contributed by atoms with Crippen LogP contribution in [0.3, 0.4) is 0 Å². The van der Waals surface area contributed by atoms with Crippen LogP contribution >= 0.6 is 7.82 Å². The van der Waals surface area contributed by atoms with E-state index < -0.39 is 94.2 Å². The quantitative estimate of drug-likeness (QED) is 0.157. The summed E-state index contributed by atoms with van der Waals surface area (Å²) in [6.07, 6.45) is -8.97. The van der Waals surface area contributed by atoms with E-state index in [1.54, 1.807) is 0 Å². The second-order valence-electron chi connectivity index (χ2n) is 8.52. The number of carbonyl (C=O) groups is 3. The Bertz CT molecular complexity index is 1220. The van der Waals surface area contributed by atoms with E-state index in [0.29, 0.717) is 0 Å². The lowest BCUT2D eigenvalue weighted by atomic mass is 10.1.